The molecule has 0 aliphatic carbocycles. The van der Waals surface area contributed by atoms with Gasteiger partial charge in [-0.25, -0.2) is 0 Å². The van der Waals surface area contributed by atoms with Crippen LogP contribution in [0.25, 0.3) is 11.1 Å². The number of rotatable bonds is 5. The second kappa shape index (κ2) is 9.29. The maximum Gasteiger partial charge on any atom is 0.254 e. The number of pyridine rings is 1. The van der Waals surface area contributed by atoms with Crippen molar-refractivity contribution in [3.63, 3.8) is 0 Å². The molecule has 2 N–H and O–H groups in total. The first-order valence-corrected chi connectivity index (χ1v) is 10.4. The first kappa shape index (κ1) is 21.0. The van der Waals surface area contributed by atoms with Crippen molar-refractivity contribution in [2.24, 2.45) is 0 Å². The largest absolute Gasteiger partial charge is 0.391 e. The van der Waals surface area contributed by atoms with Crippen molar-refractivity contribution in [3.8, 4) is 11.1 Å². The topological polar surface area (TPSA) is 82.5 Å². The lowest BCUT2D eigenvalue weighted by Crippen LogP contribution is -2.45. The number of likely N-dealkylation sites (tertiary alicyclic amines) is 1. The van der Waals surface area contributed by atoms with Crippen molar-refractivity contribution in [2.45, 2.75) is 25.1 Å². The average molecular weight is 436 g/mol. The molecule has 2 aromatic carbocycles. The Kier molecular flexibility index (Phi) is 6.30. The van der Waals surface area contributed by atoms with Crippen LogP contribution in [0.1, 0.15) is 22.3 Å². The summed E-state index contributed by atoms with van der Waals surface area (Å²) in [5, 5.41) is 13.6. The summed E-state index contributed by atoms with van der Waals surface area (Å²) in [6, 6.07) is 17.4. The van der Waals surface area contributed by atoms with Gasteiger partial charge >= 0.3 is 0 Å². The highest BCUT2D eigenvalue weighted by Gasteiger charge is 2.39. The molecule has 1 aliphatic rings. The minimum absolute atomic E-state index is 0.120. The summed E-state index contributed by atoms with van der Waals surface area (Å²) in [4.78, 5) is 31.6. The second-order valence-corrected chi connectivity index (χ2v) is 7.97. The average Bonchev–Trinajstić information content (AvgIpc) is 3.20. The smallest absolute Gasteiger partial charge is 0.254 e. The van der Waals surface area contributed by atoms with Crippen LogP contribution < -0.4 is 5.32 Å². The van der Waals surface area contributed by atoms with Crippen molar-refractivity contribution >= 4 is 23.4 Å². The quantitative estimate of drug-likeness (QED) is 0.644. The molecule has 7 heteroatoms. The van der Waals surface area contributed by atoms with Gasteiger partial charge in [0.25, 0.3) is 5.91 Å². The Balaban J connectivity index is 1.49. The highest BCUT2D eigenvalue weighted by molar-refractivity contribution is 6.30. The zero-order valence-corrected chi connectivity index (χ0v) is 17.5. The zero-order valence-electron chi connectivity index (χ0n) is 16.7. The van der Waals surface area contributed by atoms with Gasteiger partial charge < -0.3 is 15.3 Å². The molecule has 0 bridgehead atoms. The molecular formula is C24H22ClN3O3. The molecule has 0 spiro atoms. The summed E-state index contributed by atoms with van der Waals surface area (Å²) >= 11 is 5.89. The van der Waals surface area contributed by atoms with E-state index in [9.17, 15) is 14.7 Å². The molecule has 1 aliphatic heterocycles. The Morgan fingerprint density at radius 2 is 1.87 bits per heavy atom. The lowest BCUT2D eigenvalue weighted by Gasteiger charge is -2.24. The van der Waals surface area contributed by atoms with Crippen LogP contribution in [-0.2, 0) is 11.3 Å². The van der Waals surface area contributed by atoms with Crippen LogP contribution in [0, 0.1) is 0 Å². The summed E-state index contributed by atoms with van der Waals surface area (Å²) in [5.41, 5.74) is 3.13. The summed E-state index contributed by atoms with van der Waals surface area (Å²) in [7, 11) is 0. The second-order valence-electron chi connectivity index (χ2n) is 7.53. The van der Waals surface area contributed by atoms with Gasteiger partial charge in [-0.2, -0.15) is 0 Å². The summed E-state index contributed by atoms with van der Waals surface area (Å²) < 4.78 is 0. The van der Waals surface area contributed by atoms with Crippen molar-refractivity contribution in [2.75, 3.05) is 6.54 Å². The van der Waals surface area contributed by atoms with Crippen molar-refractivity contribution in [1.29, 1.82) is 0 Å². The van der Waals surface area contributed by atoms with E-state index in [0.29, 0.717) is 17.1 Å². The number of halogens is 1. The third-order valence-corrected chi connectivity index (χ3v) is 5.58. The van der Waals surface area contributed by atoms with Crippen LogP contribution in [-0.4, -0.2) is 45.5 Å². The standard InChI is InChI=1S/C24H22ClN3O3/c25-20-8-6-16(7-9-20)13-27-23(30)22-12-21(29)15-28(22)24(31)18-4-1-3-17(11-18)19-5-2-10-26-14-19/h1-11,14,21-22,29H,12-13,15H2,(H,27,30)/t21-,22+/m1/s1. The maximum absolute atomic E-state index is 13.2. The van der Waals surface area contributed by atoms with Gasteiger partial charge in [-0.15, -0.1) is 0 Å². The highest BCUT2D eigenvalue weighted by Crippen LogP contribution is 2.24. The number of hydrogen-bond acceptors (Lipinski definition) is 4. The van der Waals surface area contributed by atoms with Gasteiger partial charge in [-0.3, -0.25) is 14.6 Å². The lowest BCUT2D eigenvalue weighted by molar-refractivity contribution is -0.125. The van der Waals surface area contributed by atoms with Crippen LogP contribution >= 0.6 is 11.6 Å². The van der Waals surface area contributed by atoms with E-state index in [2.05, 4.69) is 10.3 Å². The molecule has 2 heterocycles. The van der Waals surface area contributed by atoms with E-state index in [4.69, 9.17) is 11.6 Å². The molecule has 2 atom stereocenters. The Morgan fingerprint density at radius 3 is 2.61 bits per heavy atom. The number of nitrogens with zero attached hydrogens (tertiary/aromatic N) is 2. The molecule has 4 rings (SSSR count). The number of aliphatic hydroxyl groups is 1. The minimum atomic E-state index is -0.739. The fourth-order valence-corrected chi connectivity index (χ4v) is 3.85. The number of aliphatic hydroxyl groups excluding tert-OH is 1. The third kappa shape index (κ3) is 4.93. The predicted molar refractivity (Wildman–Crippen MR) is 118 cm³/mol. The molecule has 0 saturated carbocycles. The molecule has 6 nitrogen and oxygen atoms in total. The highest BCUT2D eigenvalue weighted by atomic mass is 35.5. The molecular weight excluding hydrogens is 414 g/mol. The zero-order chi connectivity index (χ0) is 21.8. The van der Waals surface area contributed by atoms with Crippen molar-refractivity contribution in [1.82, 2.24) is 15.2 Å². The monoisotopic (exact) mass is 435 g/mol. The van der Waals surface area contributed by atoms with Crippen LogP contribution in [0.3, 0.4) is 0 Å². The molecule has 3 aromatic rings. The Morgan fingerprint density at radius 1 is 1.10 bits per heavy atom. The first-order chi connectivity index (χ1) is 15.0. The molecule has 0 unspecified atom stereocenters. The number of aromatic nitrogens is 1. The minimum Gasteiger partial charge on any atom is -0.391 e. The van der Waals surface area contributed by atoms with E-state index in [0.717, 1.165) is 16.7 Å². The fourth-order valence-electron chi connectivity index (χ4n) is 3.73. The van der Waals surface area contributed by atoms with Gasteiger partial charge in [0.15, 0.2) is 0 Å². The van der Waals surface area contributed by atoms with E-state index < -0.39 is 12.1 Å². The summed E-state index contributed by atoms with van der Waals surface area (Å²) in [6.07, 6.45) is 2.89. The molecule has 1 aromatic heterocycles. The molecule has 2 amide bonds. The normalized spacial score (nSPS) is 18.1. The molecule has 1 fully saturated rings. The first-order valence-electron chi connectivity index (χ1n) is 10.0. The van der Waals surface area contributed by atoms with Gasteiger partial charge in [-0.05, 0) is 41.5 Å². The van der Waals surface area contributed by atoms with E-state index in [1.165, 1.54) is 4.90 Å². The van der Waals surface area contributed by atoms with Crippen LogP contribution in [0.2, 0.25) is 5.02 Å². The van der Waals surface area contributed by atoms with Crippen molar-refractivity contribution in [3.05, 3.63) is 89.2 Å². The number of nitrogens with one attached hydrogen (secondary N) is 1. The summed E-state index contributed by atoms with van der Waals surface area (Å²) in [5.74, 6) is -0.572. The van der Waals surface area contributed by atoms with Gasteiger partial charge in [0.2, 0.25) is 5.91 Å². The predicted octanol–water partition coefficient (Wildman–Crippen LogP) is 3.29. The van der Waals surface area contributed by atoms with Crippen LogP contribution in [0.5, 0.6) is 0 Å². The SMILES string of the molecule is O=C(NCc1ccc(Cl)cc1)[C@@H]1C[C@@H](O)CN1C(=O)c1cccc(-c2cccnc2)c1. The number of carbonyl (C=O) groups excluding carboxylic acids is 2. The number of amides is 2. The van der Waals surface area contributed by atoms with E-state index >= 15 is 0 Å². The number of hydrogen-bond donors (Lipinski definition) is 2. The van der Waals surface area contributed by atoms with E-state index in [1.54, 1.807) is 42.7 Å². The maximum atomic E-state index is 13.2. The molecule has 1 saturated heterocycles. The Bertz CT molecular complexity index is 1070. The van der Waals surface area contributed by atoms with Gasteiger partial charge in [-0.1, -0.05) is 41.9 Å². The van der Waals surface area contributed by atoms with Crippen molar-refractivity contribution < 1.29 is 14.7 Å². The third-order valence-electron chi connectivity index (χ3n) is 5.33. The Labute approximate surface area is 185 Å². The molecule has 31 heavy (non-hydrogen) atoms. The number of benzene rings is 2. The van der Waals surface area contributed by atoms with Crippen LogP contribution in [0.15, 0.2) is 73.1 Å². The molecule has 158 valence electrons. The van der Waals surface area contributed by atoms with E-state index in [-0.39, 0.29) is 24.8 Å². The summed E-state index contributed by atoms with van der Waals surface area (Å²) in [6.45, 7) is 0.441. The van der Waals surface area contributed by atoms with Gasteiger partial charge in [0.1, 0.15) is 6.04 Å². The lowest BCUT2D eigenvalue weighted by atomic mass is 10.0. The fraction of sp³-hybridized carbons (Fsp3) is 0.208. The van der Waals surface area contributed by atoms with Crippen LogP contribution in [0.4, 0.5) is 0 Å². The molecule has 0 radical (unpaired) electrons. The number of β-amino-alcohol motifs (C(OH)–C–C–N with tert-alkyl or cyclic N) is 1. The number of carbonyl (C=O) groups is 2. The van der Waals surface area contributed by atoms with Gasteiger partial charge in [0, 0.05) is 48.1 Å². The Hall–Kier alpha value is -3.22. The van der Waals surface area contributed by atoms with E-state index in [1.807, 2.05) is 30.3 Å². The van der Waals surface area contributed by atoms with Gasteiger partial charge in [0.05, 0.1) is 6.10 Å².